The van der Waals surface area contributed by atoms with Crippen LogP contribution in [0.2, 0.25) is 0 Å². The summed E-state index contributed by atoms with van der Waals surface area (Å²) in [7, 11) is 0. The Balaban J connectivity index is 1.61. The lowest BCUT2D eigenvalue weighted by Gasteiger charge is -2.45. The lowest BCUT2D eigenvalue weighted by Crippen LogP contribution is -2.58. The van der Waals surface area contributed by atoms with Crippen molar-refractivity contribution in [3.63, 3.8) is 0 Å². The highest BCUT2D eigenvalue weighted by Gasteiger charge is 2.53. The molecule has 0 saturated carbocycles. The SMILES string of the molecule is CC(C)(C)c1cc(N2c3ccccc3N(c3cc(C(C)(C)C)nc(C(C)(C)C)c3)C2C2N(c3cc(C(C)(C)C)nc(C(C)(C)C)c3)c3ccccc3N2c2cc(C(C)(C)C)nc(C(C)(C)C)c2)cc(C(C)(C)C)n1. The van der Waals surface area contributed by atoms with Crippen molar-refractivity contribution < 1.29 is 0 Å². The summed E-state index contributed by atoms with van der Waals surface area (Å²) in [4.78, 5) is 32.5. The van der Waals surface area contributed by atoms with E-state index in [9.17, 15) is 0 Å². The van der Waals surface area contributed by atoms with Crippen LogP contribution in [0, 0.1) is 0 Å². The fourth-order valence-electron chi connectivity index (χ4n) is 9.94. The number of pyridine rings is 4. The van der Waals surface area contributed by atoms with E-state index in [2.05, 4.69) is 283 Å². The molecular weight excluding hydrogens is 905 g/mol. The number of hydrogen-bond acceptors (Lipinski definition) is 8. The van der Waals surface area contributed by atoms with E-state index in [-0.39, 0.29) is 43.3 Å². The third kappa shape index (κ3) is 10.5. The van der Waals surface area contributed by atoms with E-state index < -0.39 is 12.3 Å². The molecular formula is C66H90N8. The molecule has 74 heavy (non-hydrogen) atoms. The minimum absolute atomic E-state index is 0.228. The molecule has 8 nitrogen and oxygen atoms in total. The van der Waals surface area contributed by atoms with Crippen molar-refractivity contribution in [3.8, 4) is 0 Å². The Hall–Kier alpha value is -5.76. The van der Waals surface area contributed by atoms with E-state index in [0.29, 0.717) is 0 Å². The maximum Gasteiger partial charge on any atom is 0.151 e. The zero-order valence-corrected chi connectivity index (χ0v) is 50.0. The second kappa shape index (κ2) is 17.9. The van der Waals surface area contributed by atoms with E-state index >= 15 is 0 Å². The van der Waals surface area contributed by atoms with Gasteiger partial charge in [-0.25, -0.2) is 0 Å². The molecule has 0 spiro atoms. The van der Waals surface area contributed by atoms with Crippen molar-refractivity contribution in [2.75, 3.05) is 19.6 Å². The van der Waals surface area contributed by atoms with E-state index in [1.165, 1.54) is 0 Å². The number of rotatable bonds is 5. The van der Waals surface area contributed by atoms with Gasteiger partial charge in [-0.3, -0.25) is 19.9 Å². The molecule has 0 saturated heterocycles. The van der Waals surface area contributed by atoms with Gasteiger partial charge in [0.1, 0.15) is 0 Å². The molecule has 0 amide bonds. The third-order valence-electron chi connectivity index (χ3n) is 14.6. The summed E-state index contributed by atoms with van der Waals surface area (Å²) >= 11 is 0. The van der Waals surface area contributed by atoms with E-state index in [1.54, 1.807) is 0 Å². The summed E-state index contributed by atoms with van der Waals surface area (Å²) < 4.78 is 0. The summed E-state index contributed by atoms with van der Waals surface area (Å²) in [5, 5.41) is 0. The fourth-order valence-corrected chi connectivity index (χ4v) is 9.94. The van der Waals surface area contributed by atoms with Gasteiger partial charge in [-0.05, 0) is 72.8 Å². The molecule has 4 aromatic heterocycles. The zero-order valence-electron chi connectivity index (χ0n) is 50.0. The molecule has 0 fully saturated rings. The van der Waals surface area contributed by atoms with Gasteiger partial charge in [0.05, 0.1) is 22.7 Å². The number of aromatic nitrogens is 4. The minimum atomic E-state index is -0.403. The largest absolute Gasteiger partial charge is 0.314 e. The maximum atomic E-state index is 5.49. The second-order valence-electron chi connectivity index (χ2n) is 29.7. The van der Waals surface area contributed by atoms with Crippen LogP contribution in [0.3, 0.4) is 0 Å². The van der Waals surface area contributed by atoms with Crippen LogP contribution in [0.15, 0.2) is 97.1 Å². The van der Waals surface area contributed by atoms with Gasteiger partial charge >= 0.3 is 0 Å². The molecule has 0 atom stereocenters. The normalized spacial score (nSPS) is 15.6. The van der Waals surface area contributed by atoms with Crippen LogP contribution in [-0.4, -0.2) is 32.3 Å². The Morgan fingerprint density at radius 1 is 0.243 bits per heavy atom. The predicted octanol–water partition coefficient (Wildman–Crippen LogP) is 17.6. The number of hydrogen-bond donors (Lipinski definition) is 0. The van der Waals surface area contributed by atoms with Gasteiger partial charge in [0, 0.05) is 112 Å². The highest BCUT2D eigenvalue weighted by molar-refractivity contribution is 5.94. The quantitative estimate of drug-likeness (QED) is 0.169. The van der Waals surface area contributed by atoms with E-state index in [0.717, 1.165) is 91.1 Å². The second-order valence-corrected chi connectivity index (χ2v) is 29.7. The first-order chi connectivity index (χ1) is 33.7. The predicted molar refractivity (Wildman–Crippen MR) is 316 cm³/mol. The molecule has 0 aliphatic carbocycles. The van der Waals surface area contributed by atoms with Gasteiger partial charge in [0.15, 0.2) is 12.3 Å². The highest BCUT2D eigenvalue weighted by atomic mass is 15.5. The molecule has 2 aliphatic heterocycles. The molecule has 8 rings (SSSR count). The first-order valence-corrected chi connectivity index (χ1v) is 27.2. The Bertz CT molecular complexity index is 2530. The number of anilines is 8. The summed E-state index contributed by atoms with van der Waals surface area (Å²) in [5.74, 6) is 0. The van der Waals surface area contributed by atoms with Crippen LogP contribution < -0.4 is 19.6 Å². The first-order valence-electron chi connectivity index (χ1n) is 27.2. The lowest BCUT2D eigenvalue weighted by atomic mass is 9.86. The molecule has 0 bridgehead atoms. The average molecular weight is 996 g/mol. The van der Waals surface area contributed by atoms with Crippen molar-refractivity contribution in [3.05, 3.63) is 143 Å². The zero-order chi connectivity index (χ0) is 54.8. The van der Waals surface area contributed by atoms with Crippen LogP contribution in [0.25, 0.3) is 0 Å². The van der Waals surface area contributed by atoms with Crippen LogP contribution in [0.5, 0.6) is 0 Å². The van der Waals surface area contributed by atoms with Gasteiger partial charge in [0.2, 0.25) is 0 Å². The number of para-hydroxylation sites is 4. The molecule has 394 valence electrons. The Morgan fingerprint density at radius 2 is 0.378 bits per heavy atom. The maximum absolute atomic E-state index is 5.49. The Morgan fingerprint density at radius 3 is 0.500 bits per heavy atom. The fraction of sp³-hybridized carbons (Fsp3) is 0.515. The van der Waals surface area contributed by atoms with Gasteiger partial charge in [-0.1, -0.05) is 190 Å². The van der Waals surface area contributed by atoms with Crippen molar-refractivity contribution >= 4 is 45.5 Å². The third-order valence-corrected chi connectivity index (χ3v) is 14.6. The summed E-state index contributed by atoms with van der Waals surface area (Å²) in [6.45, 7) is 54.9. The van der Waals surface area contributed by atoms with Gasteiger partial charge in [-0.2, -0.15) is 0 Å². The molecule has 2 aromatic carbocycles. The summed E-state index contributed by atoms with van der Waals surface area (Å²) in [5.41, 5.74) is 15.6. The molecule has 2 aliphatic rings. The first kappa shape index (κ1) is 54.5. The molecule has 0 radical (unpaired) electrons. The molecule has 6 heterocycles. The molecule has 8 heteroatoms. The van der Waals surface area contributed by atoms with Crippen molar-refractivity contribution in [2.24, 2.45) is 0 Å². The van der Waals surface area contributed by atoms with E-state index in [4.69, 9.17) is 19.9 Å². The minimum Gasteiger partial charge on any atom is -0.314 e. The molecule has 0 N–H and O–H groups in total. The number of fused-ring (bicyclic) bond motifs is 2. The van der Waals surface area contributed by atoms with E-state index in [1.807, 2.05) is 0 Å². The smallest absolute Gasteiger partial charge is 0.151 e. The molecule has 0 unspecified atom stereocenters. The number of benzene rings is 2. The Kier molecular flexibility index (Phi) is 13.2. The molecule has 6 aromatic rings. The summed E-state index contributed by atoms with van der Waals surface area (Å²) in [6.07, 6.45) is -0.806. The van der Waals surface area contributed by atoms with Crippen molar-refractivity contribution in [2.45, 2.75) is 222 Å². The average Bonchev–Trinajstić information content (AvgIpc) is 3.79. The van der Waals surface area contributed by atoms with Gasteiger partial charge in [0.25, 0.3) is 0 Å². The van der Waals surface area contributed by atoms with Crippen molar-refractivity contribution in [1.29, 1.82) is 0 Å². The Labute approximate surface area is 447 Å². The lowest BCUT2D eigenvalue weighted by molar-refractivity contribution is 0.516. The topological polar surface area (TPSA) is 64.5 Å². The monoisotopic (exact) mass is 995 g/mol. The highest BCUT2D eigenvalue weighted by Crippen LogP contribution is 2.57. The van der Waals surface area contributed by atoms with Crippen LogP contribution >= 0.6 is 0 Å². The standard InChI is InChI=1S/C66H90N8/c1-59(2,3)49-33-41(34-50(67-49)60(4,5)6)71-45-29-25-26-30-46(45)72(42-35-51(61(7,8)9)68-52(36-42)62(10,11)12)57(71)58-73(43-37-53(63(13,14)15)69-54(38-43)64(16,17)18)47-31-27-28-32-48(47)74(58)44-39-55(65(19,20)21)70-56(40-44)66(22,23)24/h25-40,57-58H,1-24H3. The number of nitrogens with zero attached hydrogens (tertiary/aromatic N) is 8. The van der Waals surface area contributed by atoms with Crippen LogP contribution in [-0.2, 0) is 43.3 Å². The van der Waals surface area contributed by atoms with Gasteiger partial charge in [-0.15, -0.1) is 0 Å². The van der Waals surface area contributed by atoms with Crippen LogP contribution in [0.4, 0.5) is 45.5 Å². The van der Waals surface area contributed by atoms with Crippen molar-refractivity contribution in [1.82, 2.24) is 19.9 Å². The van der Waals surface area contributed by atoms with Crippen LogP contribution in [0.1, 0.15) is 212 Å². The summed E-state index contributed by atoms with van der Waals surface area (Å²) in [6, 6.07) is 37.1. The van der Waals surface area contributed by atoms with Gasteiger partial charge < -0.3 is 19.6 Å².